The topological polar surface area (TPSA) is 73.6 Å². The summed E-state index contributed by atoms with van der Waals surface area (Å²) in [5.74, 6) is -0.465. The highest BCUT2D eigenvalue weighted by Crippen LogP contribution is 2.29. The van der Waals surface area contributed by atoms with Gasteiger partial charge in [0.2, 0.25) is 0 Å². The molecule has 4 aromatic rings. The number of aromatic nitrogens is 3. The molecule has 0 spiro atoms. The Labute approximate surface area is 177 Å². The smallest absolute Gasteiger partial charge is 0.350 e. The van der Waals surface area contributed by atoms with Gasteiger partial charge in [0, 0.05) is 17.8 Å². The number of rotatable bonds is 5. The summed E-state index contributed by atoms with van der Waals surface area (Å²) >= 11 is 1.30. The average molecular weight is 420 g/mol. The molecule has 30 heavy (non-hydrogen) atoms. The highest BCUT2D eigenvalue weighted by atomic mass is 32.1. The molecule has 0 aliphatic heterocycles. The molecule has 0 saturated carbocycles. The third-order valence-electron chi connectivity index (χ3n) is 4.80. The zero-order valence-electron chi connectivity index (χ0n) is 17.0. The van der Waals surface area contributed by atoms with Crippen LogP contribution >= 0.6 is 11.3 Å². The largest absolute Gasteiger partial charge is 0.455 e. The Kier molecular flexibility index (Phi) is 5.46. The number of fused-ring (bicyclic) bond motifs is 1. The van der Waals surface area contributed by atoms with Gasteiger partial charge in [0.15, 0.2) is 0 Å². The highest BCUT2D eigenvalue weighted by Gasteiger charge is 2.18. The number of hydrogen-bond acceptors (Lipinski definition) is 6. The Morgan fingerprint density at radius 3 is 2.60 bits per heavy atom. The van der Waals surface area contributed by atoms with Crippen molar-refractivity contribution >= 4 is 23.0 Å². The van der Waals surface area contributed by atoms with Crippen LogP contribution in [0.2, 0.25) is 0 Å². The van der Waals surface area contributed by atoms with Crippen LogP contribution in [0.5, 0.6) is 0 Å². The van der Waals surface area contributed by atoms with Crippen LogP contribution in [0.1, 0.15) is 39.1 Å². The lowest BCUT2D eigenvalue weighted by Crippen LogP contribution is -2.16. The van der Waals surface area contributed by atoms with Gasteiger partial charge < -0.3 is 4.74 Å². The van der Waals surface area contributed by atoms with E-state index in [1.807, 2.05) is 25.1 Å². The van der Waals surface area contributed by atoms with Crippen molar-refractivity contribution < 1.29 is 9.53 Å². The van der Waals surface area contributed by atoms with Crippen molar-refractivity contribution in [3.8, 4) is 10.6 Å². The summed E-state index contributed by atoms with van der Waals surface area (Å²) in [6, 6.07) is 13.2. The molecule has 3 aromatic heterocycles. The number of carbonyl (C=O) groups excluding carboxylic acids is 1. The molecule has 0 unspecified atom stereocenters. The number of aryl methyl sites for hydroxylation is 3. The molecule has 0 N–H and O–H groups in total. The fraction of sp³-hybridized carbons (Fsp3) is 0.217. The van der Waals surface area contributed by atoms with Crippen LogP contribution in [0.4, 0.5) is 0 Å². The van der Waals surface area contributed by atoms with Crippen molar-refractivity contribution in [2.75, 3.05) is 0 Å². The first-order chi connectivity index (χ1) is 14.4. The van der Waals surface area contributed by atoms with Gasteiger partial charge in [0.1, 0.15) is 22.1 Å². The van der Waals surface area contributed by atoms with Crippen LogP contribution in [0, 0.1) is 13.8 Å². The normalized spacial score (nSPS) is 11.0. The van der Waals surface area contributed by atoms with E-state index in [0.29, 0.717) is 21.9 Å². The van der Waals surface area contributed by atoms with Crippen molar-refractivity contribution in [3.63, 3.8) is 0 Å². The monoisotopic (exact) mass is 419 g/mol. The molecule has 0 radical (unpaired) electrons. The average Bonchev–Trinajstić information content (AvgIpc) is 3.14. The zero-order chi connectivity index (χ0) is 21.3. The predicted octanol–water partition coefficient (Wildman–Crippen LogP) is 4.35. The molecule has 3 heterocycles. The van der Waals surface area contributed by atoms with Gasteiger partial charge in [-0.3, -0.25) is 9.20 Å². The SMILES string of the molecule is CCc1ccc(-c2nc(C)c(C(=O)OCc3cc(=O)n4cc(C)ccc4n3)s2)cc1. The maximum absolute atomic E-state index is 12.6. The molecule has 0 amide bonds. The molecule has 6 nitrogen and oxygen atoms in total. The molecule has 1 aromatic carbocycles. The number of carbonyl (C=O) groups is 1. The standard InChI is InChI=1S/C23H21N3O3S/c1-4-16-6-8-17(9-7-16)22-24-15(3)21(30-22)23(28)29-13-18-11-20(27)26-12-14(2)5-10-19(26)25-18/h5-12H,4,13H2,1-3H3. The Morgan fingerprint density at radius 2 is 1.87 bits per heavy atom. The Morgan fingerprint density at radius 1 is 1.10 bits per heavy atom. The van der Waals surface area contributed by atoms with Crippen molar-refractivity contribution in [2.45, 2.75) is 33.8 Å². The van der Waals surface area contributed by atoms with Crippen LogP contribution in [0.25, 0.3) is 16.2 Å². The second kappa shape index (κ2) is 8.20. The molecule has 0 fully saturated rings. The minimum absolute atomic E-state index is 0.0731. The minimum atomic E-state index is -0.465. The van der Waals surface area contributed by atoms with Crippen molar-refractivity contribution in [2.24, 2.45) is 0 Å². The summed E-state index contributed by atoms with van der Waals surface area (Å²) < 4.78 is 6.91. The van der Waals surface area contributed by atoms with E-state index in [1.165, 1.54) is 27.4 Å². The number of benzene rings is 1. The number of ether oxygens (including phenoxy) is 1. The number of thiazole rings is 1. The van der Waals surface area contributed by atoms with Crippen LogP contribution < -0.4 is 5.56 Å². The minimum Gasteiger partial charge on any atom is -0.455 e. The van der Waals surface area contributed by atoms with Gasteiger partial charge in [0.05, 0.1) is 11.4 Å². The van der Waals surface area contributed by atoms with Crippen LogP contribution in [-0.2, 0) is 17.8 Å². The van der Waals surface area contributed by atoms with Gasteiger partial charge in [-0.05, 0) is 37.5 Å². The first-order valence-electron chi connectivity index (χ1n) is 9.67. The summed E-state index contributed by atoms with van der Waals surface area (Å²) in [7, 11) is 0. The molecular formula is C23H21N3O3S. The lowest BCUT2D eigenvalue weighted by atomic mass is 10.1. The van der Waals surface area contributed by atoms with E-state index in [1.54, 1.807) is 19.2 Å². The van der Waals surface area contributed by atoms with E-state index < -0.39 is 5.97 Å². The highest BCUT2D eigenvalue weighted by molar-refractivity contribution is 7.17. The maximum atomic E-state index is 12.6. The number of esters is 1. The van der Waals surface area contributed by atoms with E-state index in [9.17, 15) is 9.59 Å². The summed E-state index contributed by atoms with van der Waals surface area (Å²) in [5.41, 5.74) is 4.54. The van der Waals surface area contributed by atoms with E-state index >= 15 is 0 Å². The van der Waals surface area contributed by atoms with E-state index in [0.717, 1.165) is 22.6 Å². The van der Waals surface area contributed by atoms with Crippen LogP contribution in [0.3, 0.4) is 0 Å². The molecule has 0 atom stereocenters. The molecule has 0 aliphatic rings. The zero-order valence-corrected chi connectivity index (χ0v) is 17.8. The molecule has 7 heteroatoms. The second-order valence-electron chi connectivity index (χ2n) is 7.08. The number of hydrogen-bond donors (Lipinski definition) is 0. The van der Waals surface area contributed by atoms with E-state index in [4.69, 9.17) is 4.74 Å². The van der Waals surface area contributed by atoms with Crippen molar-refractivity contribution in [3.05, 3.63) is 86.4 Å². The molecule has 0 bridgehead atoms. The van der Waals surface area contributed by atoms with Gasteiger partial charge in [-0.2, -0.15) is 0 Å². The quantitative estimate of drug-likeness (QED) is 0.450. The maximum Gasteiger partial charge on any atom is 0.350 e. The van der Waals surface area contributed by atoms with E-state index in [2.05, 4.69) is 29.0 Å². The van der Waals surface area contributed by atoms with Crippen LogP contribution in [0.15, 0.2) is 53.5 Å². The molecule has 4 rings (SSSR count). The summed E-state index contributed by atoms with van der Waals surface area (Å²) in [4.78, 5) is 34.3. The molecule has 0 saturated heterocycles. The fourth-order valence-corrected chi connectivity index (χ4v) is 4.09. The summed E-state index contributed by atoms with van der Waals surface area (Å²) in [5, 5.41) is 0.777. The molecular weight excluding hydrogens is 398 g/mol. The number of pyridine rings is 1. The Hall–Kier alpha value is -3.32. The van der Waals surface area contributed by atoms with E-state index in [-0.39, 0.29) is 12.2 Å². The third-order valence-corrected chi connectivity index (χ3v) is 5.99. The van der Waals surface area contributed by atoms with Gasteiger partial charge >= 0.3 is 5.97 Å². The summed E-state index contributed by atoms with van der Waals surface area (Å²) in [6.45, 7) is 5.73. The van der Waals surface area contributed by atoms with Gasteiger partial charge in [-0.25, -0.2) is 14.8 Å². The van der Waals surface area contributed by atoms with Crippen molar-refractivity contribution in [1.82, 2.24) is 14.4 Å². The third kappa shape index (κ3) is 4.02. The lowest BCUT2D eigenvalue weighted by molar-refractivity contribution is 0.0472. The molecule has 0 aliphatic carbocycles. The Balaban J connectivity index is 1.52. The Bertz CT molecular complexity index is 1290. The summed E-state index contributed by atoms with van der Waals surface area (Å²) in [6.07, 6.45) is 2.70. The van der Waals surface area contributed by atoms with Crippen LogP contribution in [-0.4, -0.2) is 20.3 Å². The number of nitrogens with zero attached hydrogens (tertiary/aromatic N) is 3. The first-order valence-corrected chi connectivity index (χ1v) is 10.5. The van der Waals surface area contributed by atoms with Gasteiger partial charge in [-0.15, -0.1) is 11.3 Å². The predicted molar refractivity (Wildman–Crippen MR) is 117 cm³/mol. The first kappa shape index (κ1) is 20.0. The van der Waals surface area contributed by atoms with Crippen molar-refractivity contribution in [1.29, 1.82) is 0 Å². The molecule has 152 valence electrons. The van der Waals surface area contributed by atoms with Gasteiger partial charge in [-0.1, -0.05) is 37.3 Å². The lowest BCUT2D eigenvalue weighted by Gasteiger charge is -2.06. The fourth-order valence-electron chi connectivity index (χ4n) is 3.13. The van der Waals surface area contributed by atoms with Gasteiger partial charge in [0.25, 0.3) is 5.56 Å². The second-order valence-corrected chi connectivity index (χ2v) is 8.08.